The van der Waals surface area contributed by atoms with Crippen molar-refractivity contribution in [2.45, 2.75) is 33.1 Å². The maximum Gasteiger partial charge on any atom is 0.308 e. The van der Waals surface area contributed by atoms with Crippen LogP contribution in [0.2, 0.25) is 0 Å². The van der Waals surface area contributed by atoms with Crippen molar-refractivity contribution in [2.75, 3.05) is 13.1 Å². The van der Waals surface area contributed by atoms with Crippen molar-refractivity contribution in [2.24, 2.45) is 11.8 Å². The Morgan fingerprint density at radius 2 is 2.13 bits per heavy atom. The second-order valence-corrected chi connectivity index (χ2v) is 4.22. The van der Waals surface area contributed by atoms with Crippen LogP contribution in [0.15, 0.2) is 0 Å². The van der Waals surface area contributed by atoms with Gasteiger partial charge in [-0.25, -0.2) is 0 Å². The predicted octanol–water partition coefficient (Wildman–Crippen LogP) is 1.36. The van der Waals surface area contributed by atoms with Gasteiger partial charge in [-0.05, 0) is 5.92 Å². The van der Waals surface area contributed by atoms with E-state index in [9.17, 15) is 9.59 Å². The van der Waals surface area contributed by atoms with Crippen molar-refractivity contribution in [3.05, 3.63) is 0 Å². The first kappa shape index (κ1) is 12.0. The molecule has 4 nitrogen and oxygen atoms in total. The second-order valence-electron chi connectivity index (χ2n) is 4.22. The van der Waals surface area contributed by atoms with E-state index in [2.05, 4.69) is 13.8 Å². The summed E-state index contributed by atoms with van der Waals surface area (Å²) in [7, 11) is 0. The smallest absolute Gasteiger partial charge is 0.308 e. The van der Waals surface area contributed by atoms with Crippen LogP contribution in [0.3, 0.4) is 0 Å². The Balaban J connectivity index is 2.50. The third-order valence-electron chi connectivity index (χ3n) is 3.20. The fourth-order valence-corrected chi connectivity index (χ4v) is 1.97. The Morgan fingerprint density at radius 3 is 2.53 bits per heavy atom. The molecule has 1 fully saturated rings. The lowest BCUT2D eigenvalue weighted by Crippen LogP contribution is -2.31. The van der Waals surface area contributed by atoms with Crippen molar-refractivity contribution in [1.29, 1.82) is 0 Å². The summed E-state index contributed by atoms with van der Waals surface area (Å²) in [5, 5.41) is 8.82. The maximum absolute atomic E-state index is 11.5. The number of aliphatic carboxylic acids is 1. The van der Waals surface area contributed by atoms with Crippen molar-refractivity contribution >= 4 is 11.9 Å². The van der Waals surface area contributed by atoms with Crippen LogP contribution in [0.25, 0.3) is 0 Å². The lowest BCUT2D eigenvalue weighted by atomic mass is 10.0. The lowest BCUT2D eigenvalue weighted by molar-refractivity contribution is -0.141. The van der Waals surface area contributed by atoms with Crippen molar-refractivity contribution in [1.82, 2.24) is 4.90 Å². The third kappa shape index (κ3) is 2.94. The Labute approximate surface area is 90.3 Å². The first-order valence-electron chi connectivity index (χ1n) is 5.59. The average molecular weight is 213 g/mol. The number of nitrogens with zero attached hydrogens (tertiary/aromatic N) is 1. The van der Waals surface area contributed by atoms with E-state index in [0.717, 1.165) is 19.4 Å². The average Bonchev–Trinajstić information content (AvgIpc) is 2.56. The van der Waals surface area contributed by atoms with Gasteiger partial charge in [-0.1, -0.05) is 26.7 Å². The van der Waals surface area contributed by atoms with Crippen LogP contribution >= 0.6 is 0 Å². The van der Waals surface area contributed by atoms with Gasteiger partial charge in [0.05, 0.1) is 5.92 Å². The molecule has 1 rings (SSSR count). The topological polar surface area (TPSA) is 57.6 Å². The van der Waals surface area contributed by atoms with Crippen LogP contribution in [0, 0.1) is 11.8 Å². The molecule has 0 aromatic rings. The first-order chi connectivity index (χ1) is 7.08. The van der Waals surface area contributed by atoms with E-state index < -0.39 is 11.9 Å². The Bertz CT molecular complexity index is 248. The molecule has 0 bridgehead atoms. The molecule has 0 aliphatic carbocycles. The van der Waals surface area contributed by atoms with Crippen molar-refractivity contribution < 1.29 is 14.7 Å². The van der Waals surface area contributed by atoms with E-state index in [0.29, 0.717) is 12.5 Å². The molecular formula is C11H19NO3. The molecule has 0 spiro atoms. The van der Waals surface area contributed by atoms with Gasteiger partial charge in [0.15, 0.2) is 0 Å². The molecule has 1 saturated heterocycles. The molecule has 86 valence electrons. The fraction of sp³-hybridized carbons (Fsp3) is 0.818. The maximum atomic E-state index is 11.5. The summed E-state index contributed by atoms with van der Waals surface area (Å²) in [5.74, 6) is -0.849. The third-order valence-corrected chi connectivity index (χ3v) is 3.20. The van der Waals surface area contributed by atoms with Crippen LogP contribution in [0.4, 0.5) is 0 Å². The fourth-order valence-electron chi connectivity index (χ4n) is 1.97. The molecule has 1 aliphatic heterocycles. The van der Waals surface area contributed by atoms with Crippen LogP contribution in [0.1, 0.15) is 33.1 Å². The first-order valence-corrected chi connectivity index (χ1v) is 5.59. The molecule has 0 saturated carbocycles. The number of rotatable bonds is 5. The number of amides is 1. The Morgan fingerprint density at radius 1 is 1.53 bits per heavy atom. The van der Waals surface area contributed by atoms with Gasteiger partial charge in [0.1, 0.15) is 0 Å². The number of hydrogen-bond donors (Lipinski definition) is 1. The van der Waals surface area contributed by atoms with Gasteiger partial charge in [-0.15, -0.1) is 0 Å². The Kier molecular flexibility index (Phi) is 4.12. The zero-order chi connectivity index (χ0) is 11.4. The van der Waals surface area contributed by atoms with Crippen LogP contribution < -0.4 is 0 Å². The summed E-state index contributed by atoms with van der Waals surface area (Å²) in [6.07, 6.45) is 2.26. The van der Waals surface area contributed by atoms with E-state index in [4.69, 9.17) is 5.11 Å². The van der Waals surface area contributed by atoms with Crippen LogP contribution in [-0.4, -0.2) is 35.0 Å². The normalized spacial score (nSPS) is 21.4. The Hall–Kier alpha value is -1.06. The van der Waals surface area contributed by atoms with E-state index in [-0.39, 0.29) is 12.3 Å². The lowest BCUT2D eigenvalue weighted by Gasteiger charge is -2.21. The molecule has 1 N–H and O–H groups in total. The number of carboxylic acid groups (broad SMARTS) is 1. The van der Waals surface area contributed by atoms with Crippen LogP contribution in [0.5, 0.6) is 0 Å². The highest BCUT2D eigenvalue weighted by Crippen LogP contribution is 2.20. The van der Waals surface area contributed by atoms with Gasteiger partial charge in [0.2, 0.25) is 5.91 Å². The zero-order valence-electron chi connectivity index (χ0n) is 9.40. The van der Waals surface area contributed by atoms with Crippen molar-refractivity contribution in [3.63, 3.8) is 0 Å². The quantitative estimate of drug-likeness (QED) is 0.750. The predicted molar refractivity (Wildman–Crippen MR) is 56.4 cm³/mol. The molecular weight excluding hydrogens is 194 g/mol. The SMILES string of the molecule is CCC(CC)CN1CC(C(=O)O)CC1=O. The number of carbonyl (C=O) groups is 2. The van der Waals surface area contributed by atoms with E-state index in [1.165, 1.54) is 0 Å². The summed E-state index contributed by atoms with van der Waals surface area (Å²) in [6.45, 7) is 5.31. The second kappa shape index (κ2) is 5.14. The minimum Gasteiger partial charge on any atom is -0.481 e. The minimum absolute atomic E-state index is 0.00528. The highest BCUT2D eigenvalue weighted by atomic mass is 16.4. The summed E-state index contributed by atoms with van der Waals surface area (Å²) >= 11 is 0. The standard InChI is InChI=1S/C11H19NO3/c1-3-8(4-2)6-12-7-9(11(14)15)5-10(12)13/h8-9H,3-7H2,1-2H3,(H,14,15). The highest BCUT2D eigenvalue weighted by Gasteiger charge is 2.34. The molecule has 0 aromatic carbocycles. The minimum atomic E-state index is -0.851. The van der Waals surface area contributed by atoms with Gasteiger partial charge < -0.3 is 10.0 Å². The number of carbonyl (C=O) groups excluding carboxylic acids is 1. The molecule has 0 radical (unpaired) electrons. The van der Waals surface area contributed by atoms with Gasteiger partial charge in [0.25, 0.3) is 0 Å². The molecule has 1 atom stereocenters. The summed E-state index contributed by atoms with van der Waals surface area (Å²) in [5.41, 5.74) is 0. The number of hydrogen-bond acceptors (Lipinski definition) is 2. The molecule has 4 heteroatoms. The zero-order valence-corrected chi connectivity index (χ0v) is 9.40. The molecule has 0 aromatic heterocycles. The summed E-state index contributed by atoms with van der Waals surface area (Å²) in [6, 6.07) is 0. The van der Waals surface area contributed by atoms with E-state index >= 15 is 0 Å². The van der Waals surface area contributed by atoms with E-state index in [1.807, 2.05) is 0 Å². The van der Waals surface area contributed by atoms with Gasteiger partial charge in [-0.2, -0.15) is 0 Å². The summed E-state index contributed by atoms with van der Waals surface area (Å²) in [4.78, 5) is 24.0. The molecule has 1 aliphatic rings. The number of carboxylic acids is 1. The largest absolute Gasteiger partial charge is 0.481 e. The highest BCUT2D eigenvalue weighted by molar-refractivity contribution is 5.86. The van der Waals surface area contributed by atoms with Crippen LogP contribution in [-0.2, 0) is 9.59 Å². The van der Waals surface area contributed by atoms with Crippen molar-refractivity contribution in [3.8, 4) is 0 Å². The number of likely N-dealkylation sites (tertiary alicyclic amines) is 1. The monoisotopic (exact) mass is 213 g/mol. The molecule has 1 heterocycles. The van der Waals surface area contributed by atoms with Gasteiger partial charge in [0, 0.05) is 19.5 Å². The molecule has 1 unspecified atom stereocenters. The van der Waals surface area contributed by atoms with E-state index in [1.54, 1.807) is 4.90 Å². The molecule has 1 amide bonds. The van der Waals surface area contributed by atoms with Gasteiger partial charge in [-0.3, -0.25) is 9.59 Å². The molecule has 15 heavy (non-hydrogen) atoms. The summed E-state index contributed by atoms with van der Waals surface area (Å²) < 4.78 is 0. The van der Waals surface area contributed by atoms with Gasteiger partial charge >= 0.3 is 5.97 Å².